The molecule has 0 radical (unpaired) electrons. The number of nitrogens with one attached hydrogen (secondary N) is 1. The molecule has 1 aliphatic carbocycles. The molecule has 0 aliphatic heterocycles. The monoisotopic (exact) mass is 277 g/mol. The Labute approximate surface area is 122 Å². The summed E-state index contributed by atoms with van der Waals surface area (Å²) in [6, 6.07) is 5.54. The van der Waals surface area contributed by atoms with Crippen molar-refractivity contribution in [2.45, 2.75) is 51.7 Å². The fourth-order valence-corrected chi connectivity index (χ4v) is 2.29. The maximum absolute atomic E-state index is 5.24. The van der Waals surface area contributed by atoms with E-state index in [-0.39, 0.29) is 0 Å². The number of anilines is 1. The van der Waals surface area contributed by atoms with Gasteiger partial charge < -0.3 is 15.0 Å². The largest absolute Gasteiger partial charge is 0.383 e. The highest BCUT2D eigenvalue weighted by Gasteiger charge is 2.20. The van der Waals surface area contributed by atoms with Crippen molar-refractivity contribution in [2.75, 3.05) is 25.2 Å². The van der Waals surface area contributed by atoms with Crippen LogP contribution in [0.1, 0.15) is 38.8 Å². The highest BCUT2D eigenvalue weighted by atomic mass is 16.5. The molecule has 1 heterocycles. The Morgan fingerprint density at radius 3 is 2.95 bits per heavy atom. The molecule has 4 nitrogen and oxygen atoms in total. The van der Waals surface area contributed by atoms with E-state index in [2.05, 4.69) is 41.2 Å². The predicted octanol–water partition coefficient (Wildman–Crippen LogP) is 2.58. The first-order chi connectivity index (χ1) is 9.74. The Kier molecular flexibility index (Phi) is 5.80. The molecule has 1 aliphatic rings. The summed E-state index contributed by atoms with van der Waals surface area (Å²) in [4.78, 5) is 6.88. The van der Waals surface area contributed by atoms with Crippen LogP contribution in [0.25, 0.3) is 0 Å². The Balaban J connectivity index is 2.03. The first-order valence-corrected chi connectivity index (χ1v) is 7.68. The minimum absolute atomic E-state index is 0.511. The second-order valence-electron chi connectivity index (χ2n) is 5.60. The van der Waals surface area contributed by atoms with Crippen LogP contribution in [-0.4, -0.2) is 37.3 Å². The van der Waals surface area contributed by atoms with Gasteiger partial charge in [-0.1, -0.05) is 6.92 Å². The summed E-state index contributed by atoms with van der Waals surface area (Å²) < 4.78 is 5.24. The fraction of sp³-hybridized carbons (Fsp3) is 0.688. The molecule has 1 fully saturated rings. The van der Waals surface area contributed by atoms with Crippen molar-refractivity contribution < 1.29 is 4.74 Å². The van der Waals surface area contributed by atoms with Crippen molar-refractivity contribution in [3.63, 3.8) is 0 Å². The van der Waals surface area contributed by atoms with Gasteiger partial charge in [0, 0.05) is 44.2 Å². The lowest BCUT2D eigenvalue weighted by atomic mass is 10.2. The molecule has 1 aromatic heterocycles. The topological polar surface area (TPSA) is 37.4 Å². The SMILES string of the molecule is CCC(C)N(CCOC)c1ccnc(CNC2CC2)c1. The van der Waals surface area contributed by atoms with Gasteiger partial charge in [-0.15, -0.1) is 0 Å². The molecular weight excluding hydrogens is 250 g/mol. The smallest absolute Gasteiger partial charge is 0.0637 e. The summed E-state index contributed by atoms with van der Waals surface area (Å²) in [5.74, 6) is 0. The Bertz CT molecular complexity index is 406. The molecular formula is C16H27N3O. The minimum Gasteiger partial charge on any atom is -0.383 e. The third kappa shape index (κ3) is 4.46. The zero-order valence-electron chi connectivity index (χ0n) is 12.9. The van der Waals surface area contributed by atoms with Crippen molar-refractivity contribution in [1.29, 1.82) is 0 Å². The van der Waals surface area contributed by atoms with Crippen molar-refractivity contribution in [3.8, 4) is 0 Å². The molecule has 0 aromatic carbocycles. The molecule has 0 bridgehead atoms. The predicted molar refractivity (Wildman–Crippen MR) is 83.1 cm³/mol. The Morgan fingerprint density at radius 1 is 1.50 bits per heavy atom. The zero-order valence-corrected chi connectivity index (χ0v) is 12.9. The van der Waals surface area contributed by atoms with Crippen LogP contribution in [0.3, 0.4) is 0 Å². The van der Waals surface area contributed by atoms with Crippen molar-refractivity contribution in [3.05, 3.63) is 24.0 Å². The molecule has 0 spiro atoms. The van der Waals surface area contributed by atoms with Gasteiger partial charge in [0.05, 0.1) is 12.3 Å². The van der Waals surface area contributed by atoms with Gasteiger partial charge in [0.25, 0.3) is 0 Å². The van der Waals surface area contributed by atoms with E-state index in [1.807, 2.05) is 6.20 Å². The van der Waals surface area contributed by atoms with Crippen LogP contribution in [0.5, 0.6) is 0 Å². The van der Waals surface area contributed by atoms with Crippen LogP contribution in [0.4, 0.5) is 5.69 Å². The molecule has 2 rings (SSSR count). The standard InChI is InChI=1S/C16H27N3O/c1-4-13(2)19(9-10-20-3)16-7-8-17-15(11-16)12-18-14-5-6-14/h7-8,11,13-14,18H,4-6,9-10,12H2,1-3H3. The quantitative estimate of drug-likeness (QED) is 0.753. The lowest BCUT2D eigenvalue weighted by Gasteiger charge is -2.30. The van der Waals surface area contributed by atoms with E-state index in [0.717, 1.165) is 37.9 Å². The molecule has 1 unspecified atom stereocenters. The van der Waals surface area contributed by atoms with E-state index in [0.29, 0.717) is 6.04 Å². The fourth-order valence-electron chi connectivity index (χ4n) is 2.29. The molecule has 4 heteroatoms. The summed E-state index contributed by atoms with van der Waals surface area (Å²) >= 11 is 0. The molecule has 1 aromatic rings. The van der Waals surface area contributed by atoms with E-state index in [1.54, 1.807) is 7.11 Å². The van der Waals surface area contributed by atoms with Crippen molar-refractivity contribution in [1.82, 2.24) is 10.3 Å². The second-order valence-corrected chi connectivity index (χ2v) is 5.60. The van der Waals surface area contributed by atoms with Crippen molar-refractivity contribution in [2.24, 2.45) is 0 Å². The molecule has 20 heavy (non-hydrogen) atoms. The highest BCUT2D eigenvalue weighted by molar-refractivity contribution is 5.47. The van der Waals surface area contributed by atoms with Gasteiger partial charge in [-0.05, 0) is 38.3 Å². The summed E-state index contributed by atoms with van der Waals surface area (Å²) in [5.41, 5.74) is 2.37. The zero-order chi connectivity index (χ0) is 14.4. The summed E-state index contributed by atoms with van der Waals surface area (Å²) in [7, 11) is 1.76. The maximum atomic E-state index is 5.24. The molecule has 112 valence electrons. The van der Waals surface area contributed by atoms with Gasteiger partial charge in [0.2, 0.25) is 0 Å². The van der Waals surface area contributed by atoms with E-state index in [4.69, 9.17) is 4.74 Å². The lowest BCUT2D eigenvalue weighted by Crippen LogP contribution is -2.35. The van der Waals surface area contributed by atoms with E-state index >= 15 is 0 Å². The number of methoxy groups -OCH3 is 1. The average molecular weight is 277 g/mol. The van der Waals surface area contributed by atoms with Crippen molar-refractivity contribution >= 4 is 5.69 Å². The number of aromatic nitrogens is 1. The van der Waals surface area contributed by atoms with Crippen LogP contribution in [0.2, 0.25) is 0 Å². The molecule has 1 saturated carbocycles. The molecule has 1 atom stereocenters. The van der Waals surface area contributed by atoms with Crippen LogP contribution in [0.15, 0.2) is 18.3 Å². The first-order valence-electron chi connectivity index (χ1n) is 7.68. The lowest BCUT2D eigenvalue weighted by molar-refractivity contribution is 0.203. The normalized spacial score (nSPS) is 16.1. The number of ether oxygens (including phenoxy) is 1. The number of hydrogen-bond donors (Lipinski definition) is 1. The Hall–Kier alpha value is -1.13. The molecule has 1 N–H and O–H groups in total. The third-order valence-electron chi connectivity index (χ3n) is 3.94. The van der Waals surface area contributed by atoms with E-state index in [9.17, 15) is 0 Å². The van der Waals surface area contributed by atoms with Gasteiger partial charge in [0.15, 0.2) is 0 Å². The number of rotatable bonds is 9. The summed E-state index contributed by atoms with van der Waals surface area (Å²) in [5, 5.41) is 3.52. The maximum Gasteiger partial charge on any atom is 0.0637 e. The van der Waals surface area contributed by atoms with Gasteiger partial charge in [0.1, 0.15) is 0 Å². The van der Waals surface area contributed by atoms with Gasteiger partial charge >= 0.3 is 0 Å². The Morgan fingerprint density at radius 2 is 2.30 bits per heavy atom. The summed E-state index contributed by atoms with van der Waals surface area (Å²) in [6.07, 6.45) is 5.67. The minimum atomic E-state index is 0.511. The first kappa shape index (κ1) is 15.3. The molecule has 0 amide bonds. The third-order valence-corrected chi connectivity index (χ3v) is 3.94. The van der Waals surface area contributed by atoms with Gasteiger partial charge in [-0.3, -0.25) is 4.98 Å². The summed E-state index contributed by atoms with van der Waals surface area (Å²) in [6.45, 7) is 7.03. The van der Waals surface area contributed by atoms with Crippen LogP contribution < -0.4 is 10.2 Å². The average Bonchev–Trinajstić information content (AvgIpc) is 3.30. The van der Waals surface area contributed by atoms with Gasteiger partial charge in [-0.25, -0.2) is 0 Å². The number of hydrogen-bond acceptors (Lipinski definition) is 4. The van der Waals surface area contributed by atoms with Crippen LogP contribution in [-0.2, 0) is 11.3 Å². The second kappa shape index (κ2) is 7.60. The van der Waals surface area contributed by atoms with E-state index in [1.165, 1.54) is 18.5 Å². The number of nitrogens with zero attached hydrogens (tertiary/aromatic N) is 2. The van der Waals surface area contributed by atoms with Crippen LogP contribution >= 0.6 is 0 Å². The number of pyridine rings is 1. The van der Waals surface area contributed by atoms with E-state index < -0.39 is 0 Å². The van der Waals surface area contributed by atoms with Gasteiger partial charge in [-0.2, -0.15) is 0 Å². The highest BCUT2D eigenvalue weighted by Crippen LogP contribution is 2.21. The molecule has 0 saturated heterocycles. The van der Waals surface area contributed by atoms with Crippen LogP contribution in [0, 0.1) is 0 Å².